The van der Waals surface area contributed by atoms with Crippen LogP contribution in [0.5, 0.6) is 5.75 Å². The zero-order chi connectivity index (χ0) is 28.3. The number of aliphatic hydroxyl groups is 1. The molecule has 0 saturated heterocycles. The highest BCUT2D eigenvalue weighted by Gasteiger charge is 2.58. The molecule has 3 aromatic rings. The summed E-state index contributed by atoms with van der Waals surface area (Å²) in [6, 6.07) is 11.0. The van der Waals surface area contributed by atoms with Gasteiger partial charge in [0.05, 0.1) is 6.54 Å². The molecule has 206 valence electrons. The molecule has 1 atom stereocenters. The molecule has 3 nitrogen and oxygen atoms in total. The van der Waals surface area contributed by atoms with Crippen molar-refractivity contribution >= 4 is 5.69 Å². The summed E-state index contributed by atoms with van der Waals surface area (Å²) in [4.78, 5) is 0.914. The van der Waals surface area contributed by atoms with Gasteiger partial charge in [-0.1, -0.05) is 24.3 Å². The Morgan fingerprint density at radius 3 is 2.00 bits per heavy atom. The first-order chi connectivity index (χ1) is 17.6. The lowest BCUT2D eigenvalue weighted by atomic mass is 10.0. The second-order valence-electron chi connectivity index (χ2n) is 8.27. The molecule has 1 unspecified atom stereocenters. The van der Waals surface area contributed by atoms with Crippen molar-refractivity contribution in [2.24, 2.45) is 0 Å². The first kappa shape index (κ1) is 29.1. The van der Waals surface area contributed by atoms with Gasteiger partial charge in [0.15, 0.2) is 6.10 Å². The van der Waals surface area contributed by atoms with E-state index >= 15 is 0 Å². The van der Waals surface area contributed by atoms with E-state index in [1.807, 2.05) is 0 Å². The zero-order valence-corrected chi connectivity index (χ0v) is 19.1. The topological polar surface area (TPSA) is 32.7 Å². The predicted molar refractivity (Wildman–Crippen MR) is 117 cm³/mol. The summed E-state index contributed by atoms with van der Waals surface area (Å²) in [5.74, 6) is -6.88. The molecule has 13 heteroatoms. The predicted octanol–water partition coefficient (Wildman–Crippen LogP) is 7.13. The lowest BCUT2D eigenvalue weighted by molar-refractivity contribution is -0.289. The number of rotatable bonds is 9. The second kappa shape index (κ2) is 11.1. The molecular weight excluding hydrogens is 536 g/mol. The molecule has 38 heavy (non-hydrogen) atoms. The molecule has 1 N–H and O–H groups in total. The molecule has 0 spiro atoms. The first-order valence-electron chi connectivity index (χ1n) is 10.8. The second-order valence-corrected chi connectivity index (χ2v) is 8.27. The van der Waals surface area contributed by atoms with Gasteiger partial charge < -0.3 is 14.7 Å². The van der Waals surface area contributed by atoms with Gasteiger partial charge in [0.2, 0.25) is 0 Å². The van der Waals surface area contributed by atoms with Crippen molar-refractivity contribution in [3.63, 3.8) is 0 Å². The molecule has 0 heterocycles. The first-order valence-corrected chi connectivity index (χ1v) is 10.8. The number of benzene rings is 3. The van der Waals surface area contributed by atoms with E-state index in [-0.39, 0.29) is 29.2 Å². The molecule has 0 saturated carbocycles. The number of halogens is 10. The molecule has 0 fully saturated rings. The maximum atomic E-state index is 13.8. The van der Waals surface area contributed by atoms with Crippen LogP contribution in [0.3, 0.4) is 0 Å². The normalized spacial score (nSPS) is 13.3. The fourth-order valence-corrected chi connectivity index (χ4v) is 3.45. The van der Waals surface area contributed by atoms with E-state index in [1.54, 1.807) is 0 Å². The van der Waals surface area contributed by atoms with Gasteiger partial charge in [-0.3, -0.25) is 0 Å². The number of anilines is 1. The highest BCUT2D eigenvalue weighted by Crippen LogP contribution is 2.44. The van der Waals surface area contributed by atoms with Crippen molar-refractivity contribution in [1.29, 1.82) is 0 Å². The minimum Gasteiger partial charge on any atom is -0.489 e. The van der Waals surface area contributed by atoms with Crippen LogP contribution >= 0.6 is 0 Å². The highest BCUT2D eigenvalue weighted by molar-refractivity contribution is 5.51. The summed E-state index contributed by atoms with van der Waals surface area (Å²) in [6.07, 6.45) is -13.8. The lowest BCUT2D eigenvalue weighted by Gasteiger charge is -2.29. The van der Waals surface area contributed by atoms with E-state index in [9.17, 15) is 49.0 Å². The minimum absolute atomic E-state index is 0.00999. The third kappa shape index (κ3) is 7.30. The number of ether oxygens (including phenoxy) is 1. The molecule has 3 aromatic carbocycles. The van der Waals surface area contributed by atoms with Crippen molar-refractivity contribution in [1.82, 2.24) is 0 Å². The number of hydrogen-bond donors (Lipinski definition) is 1. The smallest absolute Gasteiger partial charge is 0.458 e. The Labute approximate surface area is 209 Å². The van der Waals surface area contributed by atoms with Crippen molar-refractivity contribution < 1.29 is 53.7 Å². The van der Waals surface area contributed by atoms with Crippen LogP contribution < -0.4 is 9.64 Å². The third-order valence-electron chi connectivity index (χ3n) is 5.30. The van der Waals surface area contributed by atoms with Crippen molar-refractivity contribution in [2.45, 2.75) is 37.5 Å². The van der Waals surface area contributed by atoms with Gasteiger partial charge in [-0.2, -0.15) is 35.1 Å². The van der Waals surface area contributed by atoms with Gasteiger partial charge in [-0.15, -0.1) is 0 Å². The van der Waals surface area contributed by atoms with Gasteiger partial charge >= 0.3 is 18.3 Å². The van der Waals surface area contributed by atoms with Crippen LogP contribution in [-0.4, -0.2) is 30.1 Å². The fraction of sp³-hybridized carbons (Fsp3) is 0.280. The van der Waals surface area contributed by atoms with E-state index in [1.165, 1.54) is 24.3 Å². The maximum absolute atomic E-state index is 13.8. The summed E-state index contributed by atoms with van der Waals surface area (Å²) >= 11 is 0. The summed E-state index contributed by atoms with van der Waals surface area (Å²) in [7, 11) is 0. The zero-order valence-electron chi connectivity index (χ0n) is 19.1. The van der Waals surface area contributed by atoms with E-state index in [0.717, 1.165) is 29.2 Å². The summed E-state index contributed by atoms with van der Waals surface area (Å²) < 4.78 is 137. The Kier molecular flexibility index (Phi) is 8.49. The molecule has 0 aliphatic heterocycles. The number of alkyl halides is 8. The third-order valence-corrected chi connectivity index (χ3v) is 5.30. The van der Waals surface area contributed by atoms with Crippen molar-refractivity contribution in [3.8, 4) is 5.75 Å². The summed E-state index contributed by atoms with van der Waals surface area (Å²) in [5.41, 5.74) is -1.50. The number of hydrogen-bond acceptors (Lipinski definition) is 3. The van der Waals surface area contributed by atoms with Crippen LogP contribution in [0.25, 0.3) is 0 Å². The van der Waals surface area contributed by atoms with E-state index in [4.69, 9.17) is 4.74 Å². The molecule has 3 rings (SSSR count). The van der Waals surface area contributed by atoms with Crippen LogP contribution in [0.1, 0.15) is 16.7 Å². The SMILES string of the molecule is OC(CN(Cc1cccc(C(F)(F)C(F)(F)F)c1)c1cccc(OCc2cc(F)cc(F)c2)c1)C(F)(F)F. The average molecular weight is 555 g/mol. The summed E-state index contributed by atoms with van der Waals surface area (Å²) in [5, 5.41) is 9.62. The standard InChI is InChI=1S/C25H19F10NO2/c26-18-8-16(9-19(27)10-18)14-38-21-6-2-5-20(11-21)36(13-22(37)24(30,31)32)12-15-3-1-4-17(7-15)23(28,29)25(33,34)35/h1-11,22,37H,12-14H2. The van der Waals surface area contributed by atoms with Crippen LogP contribution in [0.4, 0.5) is 49.6 Å². The van der Waals surface area contributed by atoms with Gasteiger partial charge in [-0.25, -0.2) is 8.78 Å². The van der Waals surface area contributed by atoms with Gasteiger partial charge in [0.1, 0.15) is 24.0 Å². The van der Waals surface area contributed by atoms with Crippen molar-refractivity contribution in [3.05, 3.63) is 95.1 Å². The number of aliphatic hydroxyl groups excluding tert-OH is 1. The van der Waals surface area contributed by atoms with E-state index in [0.29, 0.717) is 18.2 Å². The Bertz CT molecular complexity index is 1220. The molecule has 0 aromatic heterocycles. The fourth-order valence-electron chi connectivity index (χ4n) is 3.45. The van der Waals surface area contributed by atoms with Crippen LogP contribution in [0.15, 0.2) is 66.7 Å². The molecule has 0 aliphatic rings. The monoisotopic (exact) mass is 555 g/mol. The van der Waals surface area contributed by atoms with Crippen LogP contribution in [0.2, 0.25) is 0 Å². The summed E-state index contributed by atoms with van der Waals surface area (Å²) in [6.45, 7) is -2.01. The Morgan fingerprint density at radius 2 is 1.39 bits per heavy atom. The maximum Gasteiger partial charge on any atom is 0.458 e. The Hall–Kier alpha value is -3.48. The van der Waals surface area contributed by atoms with Gasteiger partial charge in [0.25, 0.3) is 0 Å². The van der Waals surface area contributed by atoms with Crippen molar-refractivity contribution in [2.75, 3.05) is 11.4 Å². The minimum atomic E-state index is -5.89. The lowest BCUT2D eigenvalue weighted by Crippen LogP contribution is -2.41. The van der Waals surface area contributed by atoms with Gasteiger partial charge in [-0.05, 0) is 41.5 Å². The number of nitrogens with zero attached hydrogens (tertiary/aromatic N) is 1. The Morgan fingerprint density at radius 1 is 0.763 bits per heavy atom. The quantitative estimate of drug-likeness (QED) is 0.285. The van der Waals surface area contributed by atoms with Crippen LogP contribution in [0, 0.1) is 11.6 Å². The molecule has 0 bridgehead atoms. The largest absolute Gasteiger partial charge is 0.489 e. The highest BCUT2D eigenvalue weighted by atomic mass is 19.4. The van der Waals surface area contributed by atoms with E-state index in [2.05, 4.69) is 0 Å². The molecule has 0 radical (unpaired) electrons. The molecule has 0 amide bonds. The average Bonchev–Trinajstić information content (AvgIpc) is 2.81. The Balaban J connectivity index is 1.89. The molecule has 0 aliphatic carbocycles. The van der Waals surface area contributed by atoms with Crippen LogP contribution in [-0.2, 0) is 19.1 Å². The van der Waals surface area contributed by atoms with Gasteiger partial charge in [0, 0.05) is 29.9 Å². The van der Waals surface area contributed by atoms with E-state index < -0.39 is 54.7 Å². The molecular formula is C25H19F10NO2.